The highest BCUT2D eigenvalue weighted by molar-refractivity contribution is 6.31. The van der Waals surface area contributed by atoms with Crippen LogP contribution in [0, 0.1) is 13.8 Å². The zero-order chi connectivity index (χ0) is 23.4. The van der Waals surface area contributed by atoms with Gasteiger partial charge in [-0.25, -0.2) is 9.59 Å². The Bertz CT molecular complexity index is 1380. The third-order valence-corrected chi connectivity index (χ3v) is 5.92. The van der Waals surface area contributed by atoms with Crippen LogP contribution in [0.4, 0.5) is 0 Å². The van der Waals surface area contributed by atoms with Gasteiger partial charge in [-0.3, -0.25) is 9.25 Å². The standard InChI is InChI=1S/C25H25ClN4O3/c1-17-20(18(2)30(28-17)16-19-8-3-4-9-21(19)26)12-13-24(31)33-15-7-14-29-23-11-6-5-10-22(23)27-25(29)32/h3-6,8-13H,7,14-16H2,1-2H3,(H,27,32)/b13-12+. The molecule has 2 heterocycles. The summed E-state index contributed by atoms with van der Waals surface area (Å²) < 4.78 is 8.84. The van der Waals surface area contributed by atoms with E-state index in [1.54, 1.807) is 10.6 Å². The molecule has 0 saturated carbocycles. The van der Waals surface area contributed by atoms with E-state index in [9.17, 15) is 9.59 Å². The number of hydrogen-bond donors (Lipinski definition) is 1. The van der Waals surface area contributed by atoms with Crippen molar-refractivity contribution in [2.45, 2.75) is 33.4 Å². The van der Waals surface area contributed by atoms with Gasteiger partial charge in [-0.1, -0.05) is 41.9 Å². The first-order valence-corrected chi connectivity index (χ1v) is 11.1. The topological polar surface area (TPSA) is 81.9 Å². The van der Waals surface area contributed by atoms with Gasteiger partial charge in [0.25, 0.3) is 0 Å². The van der Waals surface area contributed by atoms with E-state index in [0.29, 0.717) is 24.5 Å². The van der Waals surface area contributed by atoms with Crippen molar-refractivity contribution in [2.75, 3.05) is 6.61 Å². The molecule has 0 amide bonds. The van der Waals surface area contributed by atoms with Gasteiger partial charge in [-0.2, -0.15) is 5.10 Å². The molecule has 0 bridgehead atoms. The Morgan fingerprint density at radius 2 is 1.91 bits per heavy atom. The summed E-state index contributed by atoms with van der Waals surface area (Å²) in [5.41, 5.74) is 5.09. The van der Waals surface area contributed by atoms with Gasteiger partial charge in [0.15, 0.2) is 0 Å². The fourth-order valence-electron chi connectivity index (χ4n) is 3.82. The summed E-state index contributed by atoms with van der Waals surface area (Å²) in [6.45, 7) is 5.10. The number of benzene rings is 2. The first-order valence-electron chi connectivity index (χ1n) is 10.7. The lowest BCUT2D eigenvalue weighted by Crippen LogP contribution is -2.18. The van der Waals surface area contributed by atoms with E-state index in [4.69, 9.17) is 16.3 Å². The van der Waals surface area contributed by atoms with Gasteiger partial charge in [-0.05, 0) is 50.1 Å². The zero-order valence-corrected chi connectivity index (χ0v) is 19.3. The smallest absolute Gasteiger partial charge is 0.330 e. The van der Waals surface area contributed by atoms with Crippen LogP contribution in [0.1, 0.15) is 28.9 Å². The number of aromatic nitrogens is 4. The van der Waals surface area contributed by atoms with Gasteiger partial charge >= 0.3 is 11.7 Å². The van der Waals surface area contributed by atoms with Crippen LogP contribution in [0.3, 0.4) is 0 Å². The number of halogens is 1. The minimum absolute atomic E-state index is 0.165. The second-order valence-corrected chi connectivity index (χ2v) is 8.19. The molecule has 8 heteroatoms. The van der Waals surface area contributed by atoms with E-state index in [1.807, 2.05) is 67.1 Å². The van der Waals surface area contributed by atoms with Crippen LogP contribution in [0.25, 0.3) is 17.1 Å². The van der Waals surface area contributed by atoms with Gasteiger partial charge in [0.2, 0.25) is 0 Å². The first kappa shape index (κ1) is 22.6. The molecule has 0 fully saturated rings. The predicted molar refractivity (Wildman–Crippen MR) is 129 cm³/mol. The Morgan fingerprint density at radius 3 is 2.73 bits per heavy atom. The fourth-order valence-corrected chi connectivity index (χ4v) is 4.01. The van der Waals surface area contributed by atoms with Gasteiger partial charge in [-0.15, -0.1) is 0 Å². The molecule has 33 heavy (non-hydrogen) atoms. The lowest BCUT2D eigenvalue weighted by Gasteiger charge is -2.06. The van der Waals surface area contributed by atoms with E-state index in [-0.39, 0.29) is 12.3 Å². The molecular weight excluding hydrogens is 440 g/mol. The Balaban J connectivity index is 1.33. The number of nitrogens with one attached hydrogen (secondary N) is 1. The quantitative estimate of drug-likeness (QED) is 0.236. The lowest BCUT2D eigenvalue weighted by atomic mass is 10.1. The number of imidazole rings is 1. The number of carbonyl (C=O) groups is 1. The maximum absolute atomic E-state index is 12.2. The Morgan fingerprint density at radius 1 is 1.15 bits per heavy atom. The fraction of sp³-hybridized carbons (Fsp3) is 0.240. The van der Waals surface area contributed by atoms with Crippen molar-refractivity contribution in [3.63, 3.8) is 0 Å². The lowest BCUT2D eigenvalue weighted by molar-refractivity contribution is -0.137. The maximum atomic E-state index is 12.2. The molecule has 0 unspecified atom stereocenters. The number of hydrogen-bond acceptors (Lipinski definition) is 4. The number of aryl methyl sites for hydroxylation is 2. The zero-order valence-electron chi connectivity index (χ0n) is 18.5. The summed E-state index contributed by atoms with van der Waals surface area (Å²) in [4.78, 5) is 27.1. The Hall–Kier alpha value is -3.58. The molecule has 1 N–H and O–H groups in total. The second kappa shape index (κ2) is 9.92. The molecular formula is C25H25ClN4O3. The molecule has 0 aliphatic rings. The molecule has 0 spiro atoms. The summed E-state index contributed by atoms with van der Waals surface area (Å²) >= 11 is 6.27. The number of H-pyrrole nitrogens is 1. The van der Waals surface area contributed by atoms with E-state index >= 15 is 0 Å². The third-order valence-electron chi connectivity index (χ3n) is 5.55. The molecule has 4 aromatic rings. The second-order valence-electron chi connectivity index (χ2n) is 7.79. The van der Waals surface area contributed by atoms with Gasteiger partial charge in [0.1, 0.15) is 0 Å². The van der Waals surface area contributed by atoms with E-state index in [0.717, 1.165) is 33.5 Å². The molecule has 0 aliphatic carbocycles. The molecule has 0 saturated heterocycles. The molecule has 0 radical (unpaired) electrons. The summed E-state index contributed by atoms with van der Waals surface area (Å²) in [5, 5.41) is 5.28. The van der Waals surface area contributed by atoms with E-state index < -0.39 is 5.97 Å². The highest BCUT2D eigenvalue weighted by atomic mass is 35.5. The number of carbonyl (C=O) groups excluding carboxylic acids is 1. The highest BCUT2D eigenvalue weighted by Crippen LogP contribution is 2.20. The van der Waals surface area contributed by atoms with E-state index in [2.05, 4.69) is 10.1 Å². The van der Waals surface area contributed by atoms with Crippen molar-refractivity contribution in [3.8, 4) is 0 Å². The average Bonchev–Trinajstić information content (AvgIpc) is 3.26. The minimum atomic E-state index is -0.432. The van der Waals surface area contributed by atoms with Gasteiger partial charge < -0.3 is 9.72 Å². The van der Waals surface area contributed by atoms with Crippen molar-refractivity contribution in [1.29, 1.82) is 0 Å². The third kappa shape index (κ3) is 5.09. The largest absolute Gasteiger partial charge is 0.462 e. The molecule has 2 aromatic carbocycles. The van der Waals surface area contributed by atoms with Crippen LogP contribution in [0.5, 0.6) is 0 Å². The number of fused-ring (bicyclic) bond motifs is 1. The van der Waals surface area contributed by atoms with Crippen LogP contribution in [0.2, 0.25) is 5.02 Å². The van der Waals surface area contributed by atoms with Crippen LogP contribution in [-0.2, 0) is 22.6 Å². The summed E-state index contributed by atoms with van der Waals surface area (Å²) in [6, 6.07) is 15.2. The molecule has 4 rings (SSSR count). The van der Waals surface area contributed by atoms with Gasteiger partial charge in [0.05, 0.1) is 29.9 Å². The highest BCUT2D eigenvalue weighted by Gasteiger charge is 2.11. The maximum Gasteiger partial charge on any atom is 0.330 e. The van der Waals surface area contributed by atoms with Crippen molar-refractivity contribution in [1.82, 2.24) is 19.3 Å². The number of rotatable bonds is 8. The van der Waals surface area contributed by atoms with E-state index in [1.165, 1.54) is 6.08 Å². The minimum Gasteiger partial charge on any atom is -0.462 e. The SMILES string of the molecule is Cc1nn(Cc2ccccc2Cl)c(C)c1/C=C/C(=O)OCCCn1c(=O)[nH]c2ccccc21. The van der Waals surface area contributed by atoms with Crippen molar-refractivity contribution < 1.29 is 9.53 Å². The van der Waals surface area contributed by atoms with Gasteiger partial charge in [0, 0.05) is 28.9 Å². The number of esters is 1. The number of nitrogens with zero attached hydrogens (tertiary/aromatic N) is 3. The average molecular weight is 465 g/mol. The normalized spacial score (nSPS) is 11.5. The van der Waals surface area contributed by atoms with Crippen molar-refractivity contribution >= 4 is 34.7 Å². The van der Waals surface area contributed by atoms with Crippen LogP contribution in [0.15, 0.2) is 59.4 Å². The molecule has 2 aromatic heterocycles. The number of aromatic amines is 1. The monoisotopic (exact) mass is 464 g/mol. The molecule has 0 aliphatic heterocycles. The predicted octanol–water partition coefficient (Wildman–Crippen LogP) is 4.49. The van der Waals surface area contributed by atoms with Crippen molar-refractivity contribution in [2.24, 2.45) is 0 Å². The van der Waals surface area contributed by atoms with Crippen molar-refractivity contribution in [3.05, 3.63) is 92.6 Å². The molecule has 7 nitrogen and oxygen atoms in total. The first-order chi connectivity index (χ1) is 15.9. The van der Waals surface area contributed by atoms with Crippen LogP contribution < -0.4 is 5.69 Å². The summed E-state index contributed by atoms with van der Waals surface area (Å²) in [6.07, 6.45) is 3.68. The number of para-hydroxylation sites is 2. The molecule has 0 atom stereocenters. The molecule has 170 valence electrons. The van der Waals surface area contributed by atoms with Crippen LogP contribution in [-0.4, -0.2) is 31.9 Å². The number of ether oxygens (including phenoxy) is 1. The summed E-state index contributed by atoms with van der Waals surface area (Å²) in [5.74, 6) is -0.432. The Kier molecular flexibility index (Phi) is 6.79. The Labute approximate surface area is 196 Å². The van der Waals surface area contributed by atoms with Crippen LogP contribution >= 0.6 is 11.6 Å². The summed E-state index contributed by atoms with van der Waals surface area (Å²) in [7, 11) is 0.